The molecule has 0 spiro atoms. The van der Waals surface area contributed by atoms with Crippen molar-refractivity contribution in [2.24, 2.45) is 0 Å². The summed E-state index contributed by atoms with van der Waals surface area (Å²) in [7, 11) is 4.27. The zero-order chi connectivity index (χ0) is 24.5. The number of hydrogen-bond donors (Lipinski definition) is 2. The lowest BCUT2D eigenvalue weighted by molar-refractivity contribution is -0.152. The van der Waals surface area contributed by atoms with Crippen LogP contribution >= 0.6 is 0 Å². The van der Waals surface area contributed by atoms with Crippen LogP contribution in [0.1, 0.15) is 34.6 Å². The lowest BCUT2D eigenvalue weighted by atomic mass is 10.1. The van der Waals surface area contributed by atoms with Gasteiger partial charge in [0.2, 0.25) is 5.75 Å². The van der Waals surface area contributed by atoms with Crippen molar-refractivity contribution in [2.75, 3.05) is 33.2 Å². The summed E-state index contributed by atoms with van der Waals surface area (Å²) in [5.74, 6) is -1.23. The van der Waals surface area contributed by atoms with Crippen molar-refractivity contribution in [2.45, 2.75) is 20.0 Å². The van der Waals surface area contributed by atoms with Gasteiger partial charge in [-0.15, -0.1) is 0 Å². The number of nitrogens with one attached hydrogen (secondary N) is 2. The van der Waals surface area contributed by atoms with E-state index < -0.39 is 30.4 Å². The van der Waals surface area contributed by atoms with E-state index in [2.05, 4.69) is 10.6 Å². The Morgan fingerprint density at radius 2 is 1.55 bits per heavy atom. The third kappa shape index (κ3) is 6.70. The molecule has 1 unspecified atom stereocenters. The van der Waals surface area contributed by atoms with Crippen LogP contribution in [0, 0.1) is 0 Å². The van der Waals surface area contributed by atoms with Crippen LogP contribution in [0.4, 0.5) is 5.69 Å². The smallest absolute Gasteiger partial charge is 0.326 e. The van der Waals surface area contributed by atoms with Gasteiger partial charge in [0.05, 0.1) is 21.3 Å². The van der Waals surface area contributed by atoms with Crippen LogP contribution in [-0.4, -0.2) is 57.5 Å². The summed E-state index contributed by atoms with van der Waals surface area (Å²) < 4.78 is 20.7. The molecular formula is C23H26N2O8. The van der Waals surface area contributed by atoms with E-state index in [0.717, 1.165) is 0 Å². The Bertz CT molecular complexity index is 1030. The van der Waals surface area contributed by atoms with Crippen molar-refractivity contribution in [3.8, 4) is 17.2 Å². The highest BCUT2D eigenvalue weighted by Gasteiger charge is 2.20. The lowest BCUT2D eigenvalue weighted by Gasteiger charge is -2.15. The SMILES string of the molecule is COc1cc(C(=O)NCC(=O)OC(C)C(=O)Nc2cccc(C(C)=O)c2)cc(OC)c1OC. The molecule has 0 fully saturated rings. The van der Waals surface area contributed by atoms with Gasteiger partial charge < -0.3 is 29.6 Å². The van der Waals surface area contributed by atoms with Crippen LogP contribution in [0.15, 0.2) is 36.4 Å². The number of ketones is 1. The van der Waals surface area contributed by atoms with Crippen molar-refractivity contribution in [3.63, 3.8) is 0 Å². The Morgan fingerprint density at radius 1 is 0.909 bits per heavy atom. The predicted octanol–water partition coefficient (Wildman–Crippen LogP) is 2.22. The molecule has 10 heteroatoms. The van der Waals surface area contributed by atoms with Gasteiger partial charge >= 0.3 is 5.97 Å². The first-order valence-electron chi connectivity index (χ1n) is 9.89. The summed E-state index contributed by atoms with van der Waals surface area (Å²) in [5.41, 5.74) is 1.01. The third-order valence-electron chi connectivity index (χ3n) is 4.53. The zero-order valence-electron chi connectivity index (χ0n) is 19.0. The number of amides is 2. The molecule has 10 nitrogen and oxygen atoms in total. The Balaban J connectivity index is 1.94. The molecule has 0 aromatic heterocycles. The fourth-order valence-electron chi connectivity index (χ4n) is 2.82. The highest BCUT2D eigenvalue weighted by molar-refractivity contribution is 5.99. The number of Topliss-reactive ketones (excluding diaryl/α,β-unsaturated/α-hetero) is 1. The maximum Gasteiger partial charge on any atom is 0.326 e. The first-order valence-corrected chi connectivity index (χ1v) is 9.89. The van der Waals surface area contributed by atoms with Gasteiger partial charge in [0, 0.05) is 16.8 Å². The number of carbonyl (C=O) groups excluding carboxylic acids is 4. The molecule has 176 valence electrons. The fraction of sp³-hybridized carbons (Fsp3) is 0.304. The lowest BCUT2D eigenvalue weighted by Crippen LogP contribution is -2.35. The molecule has 0 saturated carbocycles. The monoisotopic (exact) mass is 458 g/mol. The number of methoxy groups -OCH3 is 3. The molecule has 0 saturated heterocycles. The van der Waals surface area contributed by atoms with Crippen LogP contribution in [0.3, 0.4) is 0 Å². The van der Waals surface area contributed by atoms with E-state index >= 15 is 0 Å². The largest absolute Gasteiger partial charge is 0.493 e. The summed E-state index contributed by atoms with van der Waals surface area (Å²) >= 11 is 0. The number of carbonyl (C=O) groups is 4. The van der Waals surface area contributed by atoms with Crippen LogP contribution in [0.5, 0.6) is 17.2 Å². The number of hydrogen-bond acceptors (Lipinski definition) is 8. The maximum absolute atomic E-state index is 12.5. The fourth-order valence-corrected chi connectivity index (χ4v) is 2.82. The van der Waals surface area contributed by atoms with Gasteiger partial charge in [-0.25, -0.2) is 0 Å². The van der Waals surface area contributed by atoms with Crippen molar-refractivity contribution in [1.82, 2.24) is 5.32 Å². The minimum absolute atomic E-state index is 0.145. The second-order valence-corrected chi connectivity index (χ2v) is 6.86. The molecule has 2 N–H and O–H groups in total. The molecule has 1 atom stereocenters. The molecule has 33 heavy (non-hydrogen) atoms. The topological polar surface area (TPSA) is 129 Å². The van der Waals surface area contributed by atoms with Gasteiger partial charge in [-0.05, 0) is 38.1 Å². The number of benzene rings is 2. The van der Waals surface area contributed by atoms with E-state index in [0.29, 0.717) is 17.0 Å². The molecule has 0 aliphatic rings. The Morgan fingerprint density at radius 3 is 2.09 bits per heavy atom. The zero-order valence-corrected chi connectivity index (χ0v) is 19.0. The van der Waals surface area contributed by atoms with Gasteiger partial charge in [0.25, 0.3) is 11.8 Å². The van der Waals surface area contributed by atoms with E-state index in [-0.39, 0.29) is 22.8 Å². The van der Waals surface area contributed by atoms with E-state index in [1.807, 2.05) is 0 Å². The van der Waals surface area contributed by atoms with E-state index in [1.165, 1.54) is 53.4 Å². The molecule has 0 aliphatic heterocycles. The molecule has 2 aromatic rings. The Hall–Kier alpha value is -4.08. The molecule has 0 bridgehead atoms. The Kier molecular flexibility index (Phi) is 8.79. The van der Waals surface area contributed by atoms with E-state index in [9.17, 15) is 19.2 Å². The van der Waals surface area contributed by atoms with Crippen LogP contribution in [-0.2, 0) is 14.3 Å². The van der Waals surface area contributed by atoms with Crippen molar-refractivity contribution in [1.29, 1.82) is 0 Å². The number of ether oxygens (including phenoxy) is 4. The second-order valence-electron chi connectivity index (χ2n) is 6.86. The highest BCUT2D eigenvalue weighted by Crippen LogP contribution is 2.38. The van der Waals surface area contributed by atoms with Gasteiger partial charge in [-0.2, -0.15) is 0 Å². The average molecular weight is 458 g/mol. The minimum atomic E-state index is -1.13. The number of esters is 1. The van der Waals surface area contributed by atoms with Gasteiger partial charge in [-0.1, -0.05) is 12.1 Å². The predicted molar refractivity (Wildman–Crippen MR) is 119 cm³/mol. The third-order valence-corrected chi connectivity index (χ3v) is 4.53. The summed E-state index contributed by atoms with van der Waals surface area (Å²) in [4.78, 5) is 48.3. The first kappa shape index (κ1) is 25.2. The van der Waals surface area contributed by atoms with E-state index in [1.54, 1.807) is 18.2 Å². The van der Waals surface area contributed by atoms with Crippen LogP contribution in [0.2, 0.25) is 0 Å². The molecule has 2 aromatic carbocycles. The molecule has 0 aliphatic carbocycles. The summed E-state index contributed by atoms with van der Waals surface area (Å²) in [6.07, 6.45) is -1.13. The van der Waals surface area contributed by atoms with Gasteiger partial charge in [-0.3, -0.25) is 19.2 Å². The standard InChI is InChI=1S/C23H26N2O8/c1-13(26)15-7-6-8-17(9-15)25-22(28)14(2)33-20(27)12-24-23(29)16-10-18(30-3)21(32-5)19(11-16)31-4/h6-11,14H,12H2,1-5H3,(H,24,29)(H,25,28). The van der Waals surface area contributed by atoms with Crippen LogP contribution < -0.4 is 24.8 Å². The minimum Gasteiger partial charge on any atom is -0.493 e. The number of anilines is 1. The highest BCUT2D eigenvalue weighted by atomic mass is 16.5. The van der Waals surface area contributed by atoms with E-state index in [4.69, 9.17) is 18.9 Å². The van der Waals surface area contributed by atoms with Gasteiger partial charge in [0.15, 0.2) is 23.4 Å². The maximum atomic E-state index is 12.5. The molecule has 0 heterocycles. The van der Waals surface area contributed by atoms with Crippen molar-refractivity contribution in [3.05, 3.63) is 47.5 Å². The molecular weight excluding hydrogens is 432 g/mol. The molecule has 0 radical (unpaired) electrons. The summed E-state index contributed by atoms with van der Waals surface area (Å²) in [5, 5.41) is 4.99. The summed E-state index contributed by atoms with van der Waals surface area (Å²) in [6, 6.07) is 9.25. The first-order chi connectivity index (χ1) is 15.7. The average Bonchev–Trinajstić information content (AvgIpc) is 2.81. The normalized spacial score (nSPS) is 11.1. The quantitative estimate of drug-likeness (QED) is 0.410. The molecule has 2 amide bonds. The van der Waals surface area contributed by atoms with Gasteiger partial charge in [0.1, 0.15) is 6.54 Å². The van der Waals surface area contributed by atoms with Crippen molar-refractivity contribution >= 4 is 29.3 Å². The second kappa shape index (κ2) is 11.5. The number of rotatable bonds is 10. The van der Waals surface area contributed by atoms with Crippen molar-refractivity contribution < 1.29 is 38.1 Å². The summed E-state index contributed by atoms with van der Waals surface area (Å²) in [6.45, 7) is 2.34. The van der Waals surface area contributed by atoms with Crippen LogP contribution in [0.25, 0.3) is 0 Å². The Labute approximate surface area is 191 Å². The molecule has 2 rings (SSSR count).